The van der Waals surface area contributed by atoms with E-state index in [-0.39, 0.29) is 29.2 Å². The predicted molar refractivity (Wildman–Crippen MR) is 90.6 cm³/mol. The number of hydrogen-bond donors (Lipinski definition) is 4. The first-order valence-corrected chi connectivity index (χ1v) is 7.92. The second-order valence-electron chi connectivity index (χ2n) is 6.87. The molecule has 0 aliphatic heterocycles. The Labute approximate surface area is 145 Å². The van der Waals surface area contributed by atoms with Gasteiger partial charge in [-0.3, -0.25) is 9.59 Å². The van der Waals surface area contributed by atoms with Gasteiger partial charge in [0.1, 0.15) is 17.0 Å². The number of carbonyl (C=O) groups is 3. The molecule has 1 amide bonds. The Morgan fingerprint density at radius 1 is 1.28 bits per heavy atom. The molecular formula is C18H21NO6. The lowest BCUT2D eigenvalue weighted by molar-refractivity contribution is -0.120. The van der Waals surface area contributed by atoms with E-state index >= 15 is 0 Å². The first-order chi connectivity index (χ1) is 11.6. The molecule has 7 nitrogen and oxygen atoms in total. The van der Waals surface area contributed by atoms with E-state index in [1.54, 1.807) is 6.08 Å². The van der Waals surface area contributed by atoms with E-state index in [9.17, 15) is 24.6 Å². The van der Waals surface area contributed by atoms with E-state index in [0.29, 0.717) is 12.8 Å². The molecule has 1 aliphatic rings. The number of nitrogens with one attached hydrogen (secondary N) is 1. The van der Waals surface area contributed by atoms with Crippen LogP contribution in [0.25, 0.3) is 0 Å². The van der Waals surface area contributed by atoms with E-state index in [1.165, 1.54) is 0 Å². The smallest absolute Gasteiger partial charge is 0.339 e. The highest BCUT2D eigenvalue weighted by Gasteiger charge is 2.29. The van der Waals surface area contributed by atoms with Crippen molar-refractivity contribution in [3.63, 3.8) is 0 Å². The molecule has 0 saturated carbocycles. The van der Waals surface area contributed by atoms with Gasteiger partial charge in [0.05, 0.1) is 0 Å². The number of hydrogen-bond acceptors (Lipinski definition) is 5. The fourth-order valence-corrected chi connectivity index (χ4v) is 2.88. The first kappa shape index (κ1) is 18.5. The quantitative estimate of drug-likeness (QED) is 0.607. The molecule has 1 aromatic carbocycles. The molecule has 0 spiro atoms. The van der Waals surface area contributed by atoms with E-state index in [1.807, 2.05) is 19.9 Å². The number of phenols is 2. The van der Waals surface area contributed by atoms with Gasteiger partial charge in [-0.15, -0.1) is 0 Å². The van der Waals surface area contributed by atoms with Crippen molar-refractivity contribution in [1.29, 1.82) is 0 Å². The standard InChI is InChI=1S/C18H21NO6/c1-18(2)8-7-12(20)10(9-18)3-6-14(22)19-15-13(21)5-4-11(16(15)23)17(24)25/h4-5,7-8,10,21,23H,3,6,9H2,1-2H3,(H,19,22)(H,24,25). The zero-order chi connectivity index (χ0) is 18.8. The summed E-state index contributed by atoms with van der Waals surface area (Å²) in [5.74, 6) is -3.33. The highest BCUT2D eigenvalue weighted by molar-refractivity contribution is 6.00. The van der Waals surface area contributed by atoms with Gasteiger partial charge in [0.2, 0.25) is 5.91 Å². The van der Waals surface area contributed by atoms with Crippen LogP contribution < -0.4 is 5.32 Å². The van der Waals surface area contributed by atoms with E-state index in [0.717, 1.165) is 12.1 Å². The van der Waals surface area contributed by atoms with Gasteiger partial charge in [0.25, 0.3) is 0 Å². The number of aromatic carboxylic acids is 1. The summed E-state index contributed by atoms with van der Waals surface area (Å²) < 4.78 is 0. The number of anilines is 1. The zero-order valence-electron chi connectivity index (χ0n) is 14.1. The summed E-state index contributed by atoms with van der Waals surface area (Å²) >= 11 is 0. The Morgan fingerprint density at radius 2 is 1.96 bits per heavy atom. The maximum Gasteiger partial charge on any atom is 0.339 e. The maximum absolute atomic E-state index is 12.1. The lowest BCUT2D eigenvalue weighted by Crippen LogP contribution is -2.26. The van der Waals surface area contributed by atoms with Crippen LogP contribution in [0.1, 0.15) is 43.5 Å². The van der Waals surface area contributed by atoms with Crippen LogP contribution in [0.3, 0.4) is 0 Å². The number of ketones is 1. The van der Waals surface area contributed by atoms with Crippen molar-refractivity contribution < 1.29 is 29.7 Å². The lowest BCUT2D eigenvalue weighted by atomic mass is 9.75. The molecule has 0 bridgehead atoms. The fourth-order valence-electron chi connectivity index (χ4n) is 2.88. The monoisotopic (exact) mass is 347 g/mol. The number of benzene rings is 1. The molecule has 0 aromatic heterocycles. The predicted octanol–water partition coefficient (Wildman–Crippen LogP) is 2.69. The summed E-state index contributed by atoms with van der Waals surface area (Å²) in [6.07, 6.45) is 4.38. The largest absolute Gasteiger partial charge is 0.506 e. The number of aromatic hydroxyl groups is 2. The normalized spacial score (nSPS) is 18.8. The zero-order valence-corrected chi connectivity index (χ0v) is 14.1. The lowest BCUT2D eigenvalue weighted by Gasteiger charge is -2.29. The minimum absolute atomic E-state index is 0.0104. The van der Waals surface area contributed by atoms with Gasteiger partial charge in [-0.2, -0.15) is 0 Å². The average Bonchev–Trinajstić information content (AvgIpc) is 2.52. The van der Waals surface area contributed by atoms with E-state index < -0.39 is 28.9 Å². The van der Waals surface area contributed by atoms with E-state index in [2.05, 4.69) is 5.32 Å². The summed E-state index contributed by atoms with van der Waals surface area (Å²) in [6, 6.07) is 2.12. The molecule has 4 N–H and O–H groups in total. The molecule has 0 saturated heterocycles. The van der Waals surface area contributed by atoms with Gasteiger partial charge in [0, 0.05) is 12.3 Å². The Morgan fingerprint density at radius 3 is 2.60 bits per heavy atom. The summed E-state index contributed by atoms with van der Waals surface area (Å²) in [5.41, 5.74) is -0.885. The van der Waals surface area contributed by atoms with Crippen molar-refractivity contribution in [2.24, 2.45) is 11.3 Å². The highest BCUT2D eigenvalue weighted by Crippen LogP contribution is 2.37. The topological polar surface area (TPSA) is 124 Å². The fraction of sp³-hybridized carbons (Fsp3) is 0.389. The molecule has 1 aliphatic carbocycles. The molecule has 1 atom stereocenters. The molecule has 1 aromatic rings. The van der Waals surface area contributed by atoms with Gasteiger partial charge >= 0.3 is 5.97 Å². The van der Waals surface area contributed by atoms with Crippen LogP contribution in [0.15, 0.2) is 24.3 Å². The van der Waals surface area contributed by atoms with Gasteiger partial charge < -0.3 is 20.6 Å². The molecular weight excluding hydrogens is 326 g/mol. The Kier molecular flexibility index (Phi) is 5.15. The van der Waals surface area contributed by atoms with Crippen molar-refractivity contribution in [3.8, 4) is 11.5 Å². The Bertz CT molecular complexity index is 750. The number of amides is 1. The minimum Gasteiger partial charge on any atom is -0.506 e. The average molecular weight is 347 g/mol. The van der Waals surface area contributed by atoms with Crippen LogP contribution in [-0.4, -0.2) is 33.0 Å². The number of rotatable bonds is 5. The van der Waals surface area contributed by atoms with Crippen molar-refractivity contribution >= 4 is 23.3 Å². The van der Waals surface area contributed by atoms with Gasteiger partial charge in [0.15, 0.2) is 11.5 Å². The van der Waals surface area contributed by atoms with Crippen LogP contribution in [-0.2, 0) is 9.59 Å². The number of carboxylic acids is 1. The summed E-state index contributed by atoms with van der Waals surface area (Å²) in [6.45, 7) is 4.02. The van der Waals surface area contributed by atoms with E-state index in [4.69, 9.17) is 5.11 Å². The molecule has 134 valence electrons. The third kappa shape index (κ3) is 4.37. The summed E-state index contributed by atoms with van der Waals surface area (Å²) in [5, 5.41) is 30.9. The van der Waals surface area contributed by atoms with Crippen LogP contribution in [0, 0.1) is 11.3 Å². The van der Waals surface area contributed by atoms with Gasteiger partial charge in [-0.1, -0.05) is 19.9 Å². The third-order valence-corrected chi connectivity index (χ3v) is 4.24. The number of allylic oxidation sites excluding steroid dienone is 2. The number of phenolic OH excluding ortho intramolecular Hbond substituents is 1. The molecule has 0 fully saturated rings. The molecule has 1 unspecified atom stereocenters. The van der Waals surface area contributed by atoms with Crippen molar-refractivity contribution in [3.05, 3.63) is 29.8 Å². The van der Waals surface area contributed by atoms with Crippen LogP contribution in [0.2, 0.25) is 0 Å². The van der Waals surface area contributed by atoms with Crippen LogP contribution in [0.4, 0.5) is 5.69 Å². The highest BCUT2D eigenvalue weighted by atomic mass is 16.4. The Balaban J connectivity index is 2.04. The molecule has 0 radical (unpaired) electrons. The van der Waals surface area contributed by atoms with Gasteiger partial charge in [-0.25, -0.2) is 4.79 Å². The van der Waals surface area contributed by atoms with Crippen molar-refractivity contribution in [2.45, 2.75) is 33.1 Å². The molecule has 0 heterocycles. The molecule has 2 rings (SSSR count). The van der Waals surface area contributed by atoms with Crippen molar-refractivity contribution in [1.82, 2.24) is 0 Å². The third-order valence-electron chi connectivity index (χ3n) is 4.24. The Hall–Kier alpha value is -2.83. The van der Waals surface area contributed by atoms with Crippen molar-refractivity contribution in [2.75, 3.05) is 5.32 Å². The minimum atomic E-state index is -1.38. The summed E-state index contributed by atoms with van der Waals surface area (Å²) in [7, 11) is 0. The summed E-state index contributed by atoms with van der Waals surface area (Å²) in [4.78, 5) is 35.0. The maximum atomic E-state index is 12.1. The van der Waals surface area contributed by atoms with Crippen LogP contribution in [0.5, 0.6) is 11.5 Å². The second-order valence-corrected chi connectivity index (χ2v) is 6.87. The number of carbonyl (C=O) groups excluding carboxylic acids is 2. The number of carboxylic acid groups (broad SMARTS) is 1. The SMILES string of the molecule is CC1(C)C=CC(=O)C(CCC(=O)Nc2c(O)ccc(C(=O)O)c2O)C1. The molecule has 25 heavy (non-hydrogen) atoms. The van der Waals surface area contributed by atoms with Gasteiger partial charge in [-0.05, 0) is 36.5 Å². The first-order valence-electron chi connectivity index (χ1n) is 7.92. The van der Waals surface area contributed by atoms with Crippen LogP contribution >= 0.6 is 0 Å². The molecule has 7 heteroatoms. The second kappa shape index (κ2) is 6.96.